The van der Waals surface area contributed by atoms with Gasteiger partial charge in [-0.2, -0.15) is 0 Å². The molecule has 3 amide bonds. The molecule has 4 N–H and O–H groups in total. The Morgan fingerprint density at radius 1 is 1.24 bits per heavy atom. The van der Waals surface area contributed by atoms with E-state index in [1.165, 1.54) is 4.90 Å². The number of primary amides is 1. The van der Waals surface area contributed by atoms with Crippen LogP contribution in [0.2, 0.25) is 0 Å². The lowest BCUT2D eigenvalue weighted by Crippen LogP contribution is -2.47. The highest BCUT2D eigenvalue weighted by Crippen LogP contribution is 2.38. The highest BCUT2D eigenvalue weighted by Gasteiger charge is 2.43. The normalized spacial score (nSPS) is 27.6. The fourth-order valence-electron chi connectivity index (χ4n) is 3.21. The number of likely N-dealkylation sites (tertiary alicyclic amines) is 1. The van der Waals surface area contributed by atoms with Gasteiger partial charge in [-0.15, -0.1) is 0 Å². The maximum Gasteiger partial charge on any atom is 0.317 e. The smallest absolute Gasteiger partial charge is 0.317 e. The summed E-state index contributed by atoms with van der Waals surface area (Å²) < 4.78 is 0. The first-order valence-electron chi connectivity index (χ1n) is 7.35. The lowest BCUT2D eigenvalue weighted by molar-refractivity contribution is -0.148. The first-order chi connectivity index (χ1) is 9.79. The van der Waals surface area contributed by atoms with Gasteiger partial charge in [0.05, 0.1) is 10.8 Å². The Kier molecular flexibility index (Phi) is 4.11. The number of urea groups is 1. The fourth-order valence-corrected chi connectivity index (χ4v) is 3.21. The van der Waals surface area contributed by atoms with Crippen LogP contribution in [0.15, 0.2) is 0 Å². The van der Waals surface area contributed by atoms with Gasteiger partial charge >= 0.3 is 12.0 Å². The molecule has 1 atom stereocenters. The van der Waals surface area contributed by atoms with Crippen molar-refractivity contribution < 1.29 is 19.5 Å². The molecular formula is C14H23N3O4. The SMILES string of the molecule is CC1(C(N)=O)CCN(C(=O)NCC2(C(=O)O)CCCC2)C1. The molecule has 1 heterocycles. The minimum absolute atomic E-state index is 0.144. The van der Waals surface area contributed by atoms with Crippen LogP contribution in [0, 0.1) is 10.8 Å². The monoisotopic (exact) mass is 297 g/mol. The summed E-state index contributed by atoms with van der Waals surface area (Å²) in [5, 5.41) is 12.1. The minimum atomic E-state index is -0.844. The van der Waals surface area contributed by atoms with Gasteiger partial charge in [-0.05, 0) is 26.2 Å². The average Bonchev–Trinajstić information content (AvgIpc) is 3.04. The van der Waals surface area contributed by atoms with Crippen LogP contribution in [-0.2, 0) is 9.59 Å². The number of carbonyl (C=O) groups excluding carboxylic acids is 2. The molecule has 118 valence electrons. The van der Waals surface area contributed by atoms with Crippen molar-refractivity contribution in [2.24, 2.45) is 16.6 Å². The molecule has 0 spiro atoms. The number of carboxylic acids is 1. The van der Waals surface area contributed by atoms with E-state index in [0.717, 1.165) is 12.8 Å². The standard InChI is InChI=1S/C14H23N3O4/c1-13(10(15)18)6-7-17(9-13)12(21)16-8-14(11(19)20)4-2-3-5-14/h2-9H2,1H3,(H2,15,18)(H,16,21)(H,19,20). The Balaban J connectivity index is 1.91. The summed E-state index contributed by atoms with van der Waals surface area (Å²) in [6.07, 6.45) is 3.50. The van der Waals surface area contributed by atoms with Crippen LogP contribution in [-0.4, -0.2) is 47.5 Å². The Hall–Kier alpha value is -1.79. The van der Waals surface area contributed by atoms with Crippen molar-refractivity contribution in [3.8, 4) is 0 Å². The zero-order valence-corrected chi connectivity index (χ0v) is 12.4. The van der Waals surface area contributed by atoms with Crippen LogP contribution in [0.25, 0.3) is 0 Å². The molecule has 1 unspecified atom stereocenters. The van der Waals surface area contributed by atoms with Crippen molar-refractivity contribution >= 4 is 17.9 Å². The lowest BCUT2D eigenvalue weighted by atomic mass is 9.86. The largest absolute Gasteiger partial charge is 0.481 e. The summed E-state index contributed by atoms with van der Waals surface area (Å²) in [4.78, 5) is 36.5. The summed E-state index contributed by atoms with van der Waals surface area (Å²) in [6.45, 7) is 2.64. The van der Waals surface area contributed by atoms with E-state index in [0.29, 0.717) is 25.8 Å². The van der Waals surface area contributed by atoms with Gasteiger partial charge in [-0.3, -0.25) is 9.59 Å². The molecule has 1 aliphatic heterocycles. The van der Waals surface area contributed by atoms with Gasteiger partial charge in [-0.25, -0.2) is 4.79 Å². The van der Waals surface area contributed by atoms with Gasteiger partial charge in [-0.1, -0.05) is 12.8 Å². The Morgan fingerprint density at radius 2 is 1.86 bits per heavy atom. The number of aliphatic carboxylic acids is 1. The molecule has 2 aliphatic rings. The molecule has 2 rings (SSSR count). The van der Waals surface area contributed by atoms with Crippen LogP contribution in [0.4, 0.5) is 4.79 Å². The second-order valence-corrected chi connectivity index (χ2v) is 6.55. The maximum absolute atomic E-state index is 12.1. The number of amides is 3. The number of nitrogens with zero attached hydrogens (tertiary/aromatic N) is 1. The Labute approximate surface area is 123 Å². The van der Waals surface area contributed by atoms with Gasteiger partial charge < -0.3 is 21.1 Å². The van der Waals surface area contributed by atoms with Crippen molar-refractivity contribution in [2.75, 3.05) is 19.6 Å². The van der Waals surface area contributed by atoms with Crippen LogP contribution >= 0.6 is 0 Å². The van der Waals surface area contributed by atoms with E-state index in [9.17, 15) is 19.5 Å². The summed E-state index contributed by atoms with van der Waals surface area (Å²) >= 11 is 0. The van der Waals surface area contributed by atoms with Crippen LogP contribution in [0.3, 0.4) is 0 Å². The molecule has 0 aromatic carbocycles. The molecular weight excluding hydrogens is 274 g/mol. The third-order valence-electron chi connectivity index (χ3n) is 4.95. The molecule has 0 aromatic rings. The molecule has 2 fully saturated rings. The number of hydrogen-bond donors (Lipinski definition) is 3. The zero-order valence-electron chi connectivity index (χ0n) is 12.4. The molecule has 0 bridgehead atoms. The second kappa shape index (κ2) is 5.54. The van der Waals surface area contributed by atoms with Gasteiger partial charge in [0.1, 0.15) is 0 Å². The van der Waals surface area contributed by atoms with Crippen LogP contribution in [0.1, 0.15) is 39.0 Å². The molecule has 0 aromatic heterocycles. The number of carbonyl (C=O) groups is 3. The topological polar surface area (TPSA) is 113 Å². The van der Waals surface area contributed by atoms with Crippen LogP contribution in [0.5, 0.6) is 0 Å². The van der Waals surface area contributed by atoms with E-state index in [1.54, 1.807) is 6.92 Å². The molecule has 1 saturated heterocycles. The maximum atomic E-state index is 12.1. The zero-order chi connectivity index (χ0) is 15.7. The van der Waals surface area contributed by atoms with E-state index in [1.807, 2.05) is 0 Å². The summed E-state index contributed by atoms with van der Waals surface area (Å²) in [7, 11) is 0. The Morgan fingerprint density at radius 3 is 2.33 bits per heavy atom. The number of nitrogens with one attached hydrogen (secondary N) is 1. The van der Waals surface area contributed by atoms with E-state index in [-0.39, 0.29) is 19.1 Å². The first-order valence-corrected chi connectivity index (χ1v) is 7.35. The van der Waals surface area contributed by atoms with Crippen molar-refractivity contribution in [3.63, 3.8) is 0 Å². The number of nitrogens with two attached hydrogens (primary N) is 1. The molecule has 7 heteroatoms. The second-order valence-electron chi connectivity index (χ2n) is 6.55. The predicted molar refractivity (Wildman–Crippen MR) is 75.4 cm³/mol. The first kappa shape index (κ1) is 15.6. The molecule has 1 aliphatic carbocycles. The summed E-state index contributed by atoms with van der Waals surface area (Å²) in [5.74, 6) is -1.25. The van der Waals surface area contributed by atoms with E-state index < -0.39 is 22.7 Å². The third kappa shape index (κ3) is 2.96. The van der Waals surface area contributed by atoms with Crippen LogP contribution < -0.4 is 11.1 Å². The molecule has 1 saturated carbocycles. The molecule has 7 nitrogen and oxygen atoms in total. The van der Waals surface area contributed by atoms with Gasteiger partial charge in [0, 0.05) is 19.6 Å². The van der Waals surface area contributed by atoms with Crippen molar-refractivity contribution in [2.45, 2.75) is 39.0 Å². The van der Waals surface area contributed by atoms with E-state index in [2.05, 4.69) is 5.32 Å². The number of rotatable bonds is 4. The lowest BCUT2D eigenvalue weighted by Gasteiger charge is -2.26. The highest BCUT2D eigenvalue weighted by molar-refractivity contribution is 5.83. The summed E-state index contributed by atoms with van der Waals surface area (Å²) in [5.41, 5.74) is 3.84. The van der Waals surface area contributed by atoms with Gasteiger partial charge in [0.2, 0.25) is 5.91 Å². The molecule has 21 heavy (non-hydrogen) atoms. The fraction of sp³-hybridized carbons (Fsp3) is 0.786. The van der Waals surface area contributed by atoms with E-state index >= 15 is 0 Å². The number of carboxylic acid groups (broad SMARTS) is 1. The van der Waals surface area contributed by atoms with Crippen molar-refractivity contribution in [1.29, 1.82) is 0 Å². The van der Waals surface area contributed by atoms with Gasteiger partial charge in [0.15, 0.2) is 0 Å². The predicted octanol–water partition coefficient (Wildman–Crippen LogP) is 0.538. The number of hydrogen-bond acceptors (Lipinski definition) is 3. The quantitative estimate of drug-likeness (QED) is 0.702. The summed E-state index contributed by atoms with van der Waals surface area (Å²) in [6, 6.07) is -0.312. The van der Waals surface area contributed by atoms with Crippen molar-refractivity contribution in [1.82, 2.24) is 10.2 Å². The van der Waals surface area contributed by atoms with E-state index in [4.69, 9.17) is 5.73 Å². The Bertz CT molecular complexity index is 459. The minimum Gasteiger partial charge on any atom is -0.481 e. The average molecular weight is 297 g/mol. The molecule has 0 radical (unpaired) electrons. The highest BCUT2D eigenvalue weighted by atomic mass is 16.4. The third-order valence-corrected chi connectivity index (χ3v) is 4.95. The van der Waals surface area contributed by atoms with Crippen molar-refractivity contribution in [3.05, 3.63) is 0 Å². The van der Waals surface area contributed by atoms with Gasteiger partial charge in [0.25, 0.3) is 0 Å².